The van der Waals surface area contributed by atoms with Gasteiger partial charge in [-0.1, -0.05) is 18.2 Å². The fourth-order valence-corrected chi connectivity index (χ4v) is 1.85. The molecule has 7 nitrogen and oxygen atoms in total. The summed E-state index contributed by atoms with van der Waals surface area (Å²) in [5.41, 5.74) is 5.01. The van der Waals surface area contributed by atoms with Gasteiger partial charge in [-0.2, -0.15) is 0 Å². The molecule has 0 bridgehead atoms. The molecule has 0 spiro atoms. The monoisotopic (exact) mass is 327 g/mol. The number of carbonyl (C=O) groups excluding carboxylic acids is 2. The highest BCUT2D eigenvalue weighted by atomic mass is 16.5. The van der Waals surface area contributed by atoms with E-state index in [9.17, 15) is 14.4 Å². The zero-order valence-electron chi connectivity index (χ0n) is 13.1. The van der Waals surface area contributed by atoms with E-state index < -0.39 is 11.8 Å². The molecule has 0 atom stereocenters. The van der Waals surface area contributed by atoms with Gasteiger partial charge in [-0.3, -0.25) is 25.2 Å². The minimum atomic E-state index is -0.505. The molecular weight excluding hydrogens is 310 g/mol. The van der Waals surface area contributed by atoms with Crippen molar-refractivity contribution in [2.75, 3.05) is 7.11 Å². The van der Waals surface area contributed by atoms with E-state index >= 15 is 0 Å². The Morgan fingerprint density at radius 3 is 2.54 bits per heavy atom. The number of nitrogens with one attached hydrogen (secondary N) is 2. The first kappa shape index (κ1) is 17.0. The molecule has 24 heavy (non-hydrogen) atoms. The van der Waals surface area contributed by atoms with Gasteiger partial charge in [-0.05, 0) is 29.8 Å². The second kappa shape index (κ2) is 8.33. The highest BCUT2D eigenvalue weighted by molar-refractivity contribution is 5.93. The maximum Gasteiger partial charge on any atom is 0.262 e. The van der Waals surface area contributed by atoms with E-state index in [1.165, 1.54) is 22.9 Å². The minimum absolute atomic E-state index is 0.178. The number of hydrogen-bond donors (Lipinski definition) is 2. The van der Waals surface area contributed by atoms with Crippen LogP contribution in [0.1, 0.15) is 5.56 Å². The van der Waals surface area contributed by atoms with Gasteiger partial charge in [0.25, 0.3) is 17.4 Å². The summed E-state index contributed by atoms with van der Waals surface area (Å²) in [5.74, 6) is -0.269. The molecule has 2 aromatic rings. The second-order valence-electron chi connectivity index (χ2n) is 4.81. The summed E-state index contributed by atoms with van der Waals surface area (Å²) in [5, 5.41) is 0. The van der Waals surface area contributed by atoms with Crippen LogP contribution < -0.4 is 21.1 Å². The van der Waals surface area contributed by atoms with Gasteiger partial charge in [0.2, 0.25) is 0 Å². The number of methoxy groups -OCH3 is 1. The fraction of sp³-hybridized carbons (Fsp3) is 0.118. The zero-order valence-corrected chi connectivity index (χ0v) is 13.1. The first-order valence-corrected chi connectivity index (χ1v) is 7.15. The molecule has 0 fully saturated rings. The standard InChI is InChI=1S/C17H17N3O4/c1-24-14-8-5-13(6-9-14)7-10-15(21)18-19-16(22)12-20-11-3-2-4-17(20)23/h2-11H,12H2,1H3,(H,18,21)(H,19,22)/b10-7+. The Hall–Kier alpha value is -3.35. The van der Waals surface area contributed by atoms with Crippen LogP contribution in [0, 0.1) is 0 Å². The lowest BCUT2D eigenvalue weighted by Crippen LogP contribution is -2.43. The molecule has 0 radical (unpaired) electrons. The summed E-state index contributed by atoms with van der Waals surface area (Å²) in [4.78, 5) is 34.8. The maximum atomic E-state index is 11.7. The normalized spacial score (nSPS) is 10.4. The van der Waals surface area contributed by atoms with Gasteiger partial charge in [0.1, 0.15) is 12.3 Å². The van der Waals surface area contributed by atoms with Crippen LogP contribution in [0.25, 0.3) is 6.08 Å². The Bertz CT molecular complexity index is 794. The van der Waals surface area contributed by atoms with Gasteiger partial charge in [-0.25, -0.2) is 0 Å². The molecule has 1 heterocycles. The second-order valence-corrected chi connectivity index (χ2v) is 4.81. The van der Waals surface area contributed by atoms with Crippen molar-refractivity contribution in [2.24, 2.45) is 0 Å². The van der Waals surface area contributed by atoms with Crippen molar-refractivity contribution in [1.29, 1.82) is 0 Å². The van der Waals surface area contributed by atoms with Crippen LogP contribution in [-0.4, -0.2) is 23.5 Å². The van der Waals surface area contributed by atoms with Crippen LogP contribution in [0.2, 0.25) is 0 Å². The van der Waals surface area contributed by atoms with E-state index in [-0.39, 0.29) is 12.1 Å². The number of hydrogen-bond acceptors (Lipinski definition) is 4. The highest BCUT2D eigenvalue weighted by Crippen LogP contribution is 2.11. The number of hydrazine groups is 1. The third kappa shape index (κ3) is 5.13. The summed E-state index contributed by atoms with van der Waals surface area (Å²) in [6.45, 7) is -0.178. The summed E-state index contributed by atoms with van der Waals surface area (Å²) in [6, 6.07) is 11.7. The van der Waals surface area contributed by atoms with Crippen molar-refractivity contribution in [1.82, 2.24) is 15.4 Å². The van der Waals surface area contributed by atoms with Crippen LogP contribution in [0.3, 0.4) is 0 Å². The van der Waals surface area contributed by atoms with E-state index in [1.54, 1.807) is 49.6 Å². The van der Waals surface area contributed by atoms with Crippen LogP contribution in [0.4, 0.5) is 0 Å². The van der Waals surface area contributed by atoms with Crippen molar-refractivity contribution in [3.05, 3.63) is 70.7 Å². The van der Waals surface area contributed by atoms with Crippen LogP contribution in [0.5, 0.6) is 5.75 Å². The molecule has 2 rings (SSSR count). The van der Waals surface area contributed by atoms with E-state index in [1.807, 2.05) is 0 Å². The van der Waals surface area contributed by atoms with Crippen molar-refractivity contribution in [3.8, 4) is 5.75 Å². The Kier molecular flexibility index (Phi) is 5.90. The molecule has 1 aromatic heterocycles. The van der Waals surface area contributed by atoms with Crippen molar-refractivity contribution in [3.63, 3.8) is 0 Å². The first-order chi connectivity index (χ1) is 11.6. The molecule has 2 amide bonds. The lowest BCUT2D eigenvalue weighted by atomic mass is 10.2. The molecule has 1 aromatic carbocycles. The number of rotatable bonds is 5. The number of pyridine rings is 1. The number of aromatic nitrogens is 1. The third-order valence-electron chi connectivity index (χ3n) is 3.08. The predicted octanol–water partition coefficient (Wildman–Crippen LogP) is 0.718. The smallest absolute Gasteiger partial charge is 0.262 e. The number of nitrogens with zero attached hydrogens (tertiary/aromatic N) is 1. The quantitative estimate of drug-likeness (QED) is 0.625. The molecule has 0 aliphatic carbocycles. The van der Waals surface area contributed by atoms with Crippen molar-refractivity contribution < 1.29 is 14.3 Å². The van der Waals surface area contributed by atoms with Crippen LogP contribution in [-0.2, 0) is 16.1 Å². The highest BCUT2D eigenvalue weighted by Gasteiger charge is 2.04. The number of amides is 2. The largest absolute Gasteiger partial charge is 0.497 e. The summed E-state index contributed by atoms with van der Waals surface area (Å²) in [6.07, 6.45) is 4.38. The average Bonchev–Trinajstić information content (AvgIpc) is 2.60. The van der Waals surface area contributed by atoms with E-state index in [2.05, 4.69) is 10.9 Å². The Morgan fingerprint density at radius 2 is 1.88 bits per heavy atom. The number of benzene rings is 1. The van der Waals surface area contributed by atoms with Gasteiger partial charge in [0.15, 0.2) is 0 Å². The number of carbonyl (C=O) groups is 2. The van der Waals surface area contributed by atoms with Gasteiger partial charge >= 0.3 is 0 Å². The van der Waals surface area contributed by atoms with Gasteiger partial charge in [0.05, 0.1) is 7.11 Å². The van der Waals surface area contributed by atoms with Crippen molar-refractivity contribution >= 4 is 17.9 Å². The van der Waals surface area contributed by atoms with Gasteiger partial charge in [-0.15, -0.1) is 0 Å². The molecule has 0 saturated heterocycles. The molecular formula is C17H17N3O4. The topological polar surface area (TPSA) is 89.4 Å². The molecule has 0 aliphatic heterocycles. The Balaban J connectivity index is 1.81. The van der Waals surface area contributed by atoms with E-state index in [0.717, 1.165) is 11.3 Å². The number of ether oxygens (including phenoxy) is 1. The van der Waals surface area contributed by atoms with Gasteiger partial charge in [0, 0.05) is 18.3 Å². The molecule has 0 saturated carbocycles. The SMILES string of the molecule is COc1ccc(/C=C/C(=O)NNC(=O)Cn2ccccc2=O)cc1. The molecule has 7 heteroatoms. The summed E-state index contributed by atoms with van der Waals surface area (Å²) < 4.78 is 6.27. The lowest BCUT2D eigenvalue weighted by molar-refractivity contribution is -0.127. The minimum Gasteiger partial charge on any atom is -0.497 e. The Morgan fingerprint density at radius 1 is 1.12 bits per heavy atom. The fourth-order valence-electron chi connectivity index (χ4n) is 1.85. The first-order valence-electron chi connectivity index (χ1n) is 7.15. The van der Waals surface area contributed by atoms with Crippen LogP contribution in [0.15, 0.2) is 59.5 Å². The molecule has 124 valence electrons. The Labute approximate surface area is 138 Å². The zero-order chi connectivity index (χ0) is 17.4. The summed E-state index contributed by atoms with van der Waals surface area (Å²) in [7, 11) is 1.57. The van der Waals surface area contributed by atoms with E-state index in [0.29, 0.717) is 0 Å². The average molecular weight is 327 g/mol. The van der Waals surface area contributed by atoms with Crippen LogP contribution >= 0.6 is 0 Å². The third-order valence-corrected chi connectivity index (χ3v) is 3.08. The molecule has 0 aliphatic rings. The lowest BCUT2D eigenvalue weighted by Gasteiger charge is -2.07. The maximum absolute atomic E-state index is 11.7. The van der Waals surface area contributed by atoms with Gasteiger partial charge < -0.3 is 9.30 Å². The summed E-state index contributed by atoms with van der Waals surface area (Å²) >= 11 is 0. The van der Waals surface area contributed by atoms with E-state index in [4.69, 9.17) is 4.74 Å². The molecule has 0 unspecified atom stereocenters. The molecule has 2 N–H and O–H groups in total. The van der Waals surface area contributed by atoms with Crippen molar-refractivity contribution in [2.45, 2.75) is 6.54 Å². The predicted molar refractivity (Wildman–Crippen MR) is 89.0 cm³/mol.